The van der Waals surface area contributed by atoms with Gasteiger partial charge in [-0.05, 0) is 5.56 Å². The van der Waals surface area contributed by atoms with Crippen LogP contribution >= 0.6 is 0 Å². The van der Waals surface area contributed by atoms with Crippen molar-refractivity contribution in [2.24, 2.45) is 0 Å². The number of ether oxygens (including phenoxy) is 1. The largest absolute Gasteiger partial charge is 0.523 e. The standard InChI is InChI=1S/C9H6F3O3/c10-9(11,12)15-7(8(13)14)6-4-2-1-3-5-6/h1-5,7H. The summed E-state index contributed by atoms with van der Waals surface area (Å²) in [7, 11) is 0. The van der Waals surface area contributed by atoms with Crippen molar-refractivity contribution in [3.05, 3.63) is 35.9 Å². The number of halogens is 3. The zero-order valence-corrected chi connectivity index (χ0v) is 7.32. The first-order valence-corrected chi connectivity index (χ1v) is 3.90. The van der Waals surface area contributed by atoms with E-state index in [1.165, 1.54) is 24.3 Å². The lowest BCUT2D eigenvalue weighted by molar-refractivity contribution is -0.342. The van der Waals surface area contributed by atoms with E-state index < -0.39 is 18.4 Å². The van der Waals surface area contributed by atoms with Gasteiger partial charge in [0.25, 0.3) is 0 Å². The normalized spacial score (nSPS) is 13.5. The fraction of sp³-hybridized carbons (Fsp3) is 0.222. The quantitative estimate of drug-likeness (QED) is 0.782. The molecule has 0 aliphatic carbocycles. The molecule has 0 aliphatic rings. The molecule has 1 rings (SSSR count). The van der Waals surface area contributed by atoms with E-state index in [9.17, 15) is 23.1 Å². The highest BCUT2D eigenvalue weighted by Crippen LogP contribution is 2.27. The van der Waals surface area contributed by atoms with Gasteiger partial charge in [0.05, 0.1) is 0 Å². The van der Waals surface area contributed by atoms with Crippen molar-refractivity contribution in [1.29, 1.82) is 0 Å². The Labute approximate surface area is 83.1 Å². The molecule has 0 heterocycles. The van der Waals surface area contributed by atoms with E-state index in [1.807, 2.05) is 0 Å². The molecule has 1 aromatic rings. The minimum Gasteiger partial charge on any atom is -0.271 e. The van der Waals surface area contributed by atoms with Crippen LogP contribution in [0.4, 0.5) is 13.2 Å². The Balaban J connectivity index is 2.90. The van der Waals surface area contributed by atoms with E-state index in [-0.39, 0.29) is 5.56 Å². The maximum Gasteiger partial charge on any atom is 0.523 e. The number of hydrogen-bond donors (Lipinski definition) is 0. The van der Waals surface area contributed by atoms with E-state index >= 15 is 0 Å². The summed E-state index contributed by atoms with van der Waals surface area (Å²) in [4.78, 5) is 10.4. The molecule has 1 aromatic carbocycles. The topological polar surface area (TPSA) is 46.2 Å². The lowest BCUT2D eigenvalue weighted by atomic mass is 10.1. The van der Waals surface area contributed by atoms with Gasteiger partial charge in [0, 0.05) is 0 Å². The Hall–Kier alpha value is -1.56. The summed E-state index contributed by atoms with van der Waals surface area (Å²) in [6.07, 6.45) is -7.15. The fourth-order valence-corrected chi connectivity index (χ4v) is 1.01. The van der Waals surface area contributed by atoms with Gasteiger partial charge in [-0.3, -0.25) is 4.74 Å². The highest BCUT2D eigenvalue weighted by Gasteiger charge is 2.38. The predicted octanol–water partition coefficient (Wildman–Crippen LogP) is 2.22. The molecule has 0 spiro atoms. The molecular formula is C9H6F3O3. The summed E-state index contributed by atoms with van der Waals surface area (Å²) < 4.78 is 38.9. The Morgan fingerprint density at radius 3 is 2.13 bits per heavy atom. The molecule has 0 bridgehead atoms. The number of carbonyl (C=O) groups is 1. The van der Waals surface area contributed by atoms with Crippen molar-refractivity contribution in [2.45, 2.75) is 12.5 Å². The van der Waals surface area contributed by atoms with Crippen molar-refractivity contribution >= 4 is 5.97 Å². The number of hydrogen-bond acceptors (Lipinski definition) is 2. The Kier molecular flexibility index (Phi) is 3.31. The van der Waals surface area contributed by atoms with Crippen LogP contribution in [-0.4, -0.2) is 12.3 Å². The first-order chi connectivity index (χ1) is 6.90. The van der Waals surface area contributed by atoms with Crippen molar-refractivity contribution in [3.8, 4) is 0 Å². The molecule has 3 nitrogen and oxygen atoms in total. The van der Waals surface area contributed by atoms with Gasteiger partial charge < -0.3 is 0 Å². The van der Waals surface area contributed by atoms with Crippen molar-refractivity contribution < 1.29 is 27.8 Å². The summed E-state index contributed by atoms with van der Waals surface area (Å²) in [5.41, 5.74) is -0.116. The fourth-order valence-electron chi connectivity index (χ4n) is 1.01. The zero-order chi connectivity index (χ0) is 11.5. The second kappa shape index (κ2) is 4.31. The van der Waals surface area contributed by atoms with Gasteiger partial charge in [0.1, 0.15) is 0 Å². The van der Waals surface area contributed by atoms with Crippen molar-refractivity contribution in [3.63, 3.8) is 0 Å². The first-order valence-electron chi connectivity index (χ1n) is 3.90. The molecule has 6 heteroatoms. The van der Waals surface area contributed by atoms with E-state index in [0.29, 0.717) is 0 Å². The van der Waals surface area contributed by atoms with Crippen LogP contribution in [0.15, 0.2) is 30.3 Å². The maximum atomic E-state index is 11.8. The van der Waals surface area contributed by atoms with E-state index in [4.69, 9.17) is 0 Å². The average molecular weight is 219 g/mol. The Morgan fingerprint density at radius 2 is 1.73 bits per heavy atom. The number of alkyl halides is 3. The summed E-state index contributed by atoms with van der Waals surface area (Å²) in [5.74, 6) is -1.93. The third kappa shape index (κ3) is 3.59. The predicted molar refractivity (Wildman–Crippen MR) is 42.0 cm³/mol. The molecule has 0 aromatic heterocycles. The lowest BCUT2D eigenvalue weighted by Gasteiger charge is -2.14. The van der Waals surface area contributed by atoms with Crippen molar-refractivity contribution in [1.82, 2.24) is 0 Å². The van der Waals surface area contributed by atoms with Gasteiger partial charge in [-0.1, -0.05) is 30.3 Å². The molecule has 0 aliphatic heterocycles. The van der Waals surface area contributed by atoms with Gasteiger partial charge >= 0.3 is 12.3 Å². The van der Waals surface area contributed by atoms with Crippen LogP contribution < -0.4 is 0 Å². The number of rotatable bonds is 3. The van der Waals surface area contributed by atoms with Crippen LogP contribution in [0.25, 0.3) is 0 Å². The number of benzene rings is 1. The summed E-state index contributed by atoms with van der Waals surface area (Å²) in [6.45, 7) is 0. The number of carbonyl (C=O) groups excluding carboxylic acids is 1. The van der Waals surface area contributed by atoms with E-state index in [0.717, 1.165) is 0 Å². The van der Waals surface area contributed by atoms with Crippen LogP contribution in [0.5, 0.6) is 0 Å². The second-order valence-electron chi connectivity index (χ2n) is 2.67. The molecule has 1 unspecified atom stereocenters. The Bertz CT molecular complexity index is 334. The highest BCUT2D eigenvalue weighted by atomic mass is 19.4. The smallest absolute Gasteiger partial charge is 0.271 e. The summed E-state index contributed by atoms with van der Waals surface area (Å²) in [6, 6.07) is 6.79. The molecule has 1 radical (unpaired) electrons. The summed E-state index contributed by atoms with van der Waals surface area (Å²) >= 11 is 0. The third-order valence-corrected chi connectivity index (χ3v) is 1.57. The van der Waals surface area contributed by atoms with Gasteiger partial charge in [-0.15, -0.1) is 13.2 Å². The molecular weight excluding hydrogens is 213 g/mol. The Morgan fingerprint density at radius 1 is 1.20 bits per heavy atom. The lowest BCUT2D eigenvalue weighted by Crippen LogP contribution is -2.23. The molecule has 0 amide bonds. The van der Waals surface area contributed by atoms with Gasteiger partial charge in [-0.2, -0.15) is 0 Å². The van der Waals surface area contributed by atoms with Gasteiger partial charge in [0.15, 0.2) is 6.10 Å². The molecule has 0 N–H and O–H groups in total. The SMILES string of the molecule is [O]C(=O)C(OC(F)(F)F)c1ccccc1. The highest BCUT2D eigenvalue weighted by molar-refractivity contribution is 5.73. The van der Waals surface area contributed by atoms with Gasteiger partial charge in [-0.25, -0.2) is 9.90 Å². The molecule has 1 atom stereocenters. The van der Waals surface area contributed by atoms with Crippen LogP contribution in [-0.2, 0) is 14.6 Å². The minimum absolute atomic E-state index is 0.116. The minimum atomic E-state index is -5.01. The first kappa shape index (κ1) is 11.5. The maximum absolute atomic E-state index is 11.8. The molecule has 0 fully saturated rings. The van der Waals surface area contributed by atoms with E-state index in [1.54, 1.807) is 6.07 Å². The van der Waals surface area contributed by atoms with Gasteiger partial charge in [0.2, 0.25) is 0 Å². The van der Waals surface area contributed by atoms with E-state index in [2.05, 4.69) is 4.74 Å². The summed E-state index contributed by atoms with van der Waals surface area (Å²) in [5, 5.41) is 10.4. The third-order valence-electron chi connectivity index (χ3n) is 1.57. The second-order valence-corrected chi connectivity index (χ2v) is 2.67. The zero-order valence-electron chi connectivity index (χ0n) is 7.32. The van der Waals surface area contributed by atoms with Crippen LogP contribution in [0.1, 0.15) is 11.7 Å². The molecule has 15 heavy (non-hydrogen) atoms. The van der Waals surface area contributed by atoms with Crippen molar-refractivity contribution in [2.75, 3.05) is 0 Å². The van der Waals surface area contributed by atoms with Crippen LogP contribution in [0.3, 0.4) is 0 Å². The van der Waals surface area contributed by atoms with Crippen LogP contribution in [0.2, 0.25) is 0 Å². The van der Waals surface area contributed by atoms with Crippen LogP contribution in [0, 0.1) is 0 Å². The molecule has 0 saturated carbocycles. The molecule has 0 saturated heterocycles. The average Bonchev–Trinajstić information content (AvgIpc) is 2.14. The molecule has 81 valence electrons. The monoisotopic (exact) mass is 219 g/mol.